The summed E-state index contributed by atoms with van der Waals surface area (Å²) in [5, 5.41) is 5.71. The average molecular weight is 474 g/mol. The van der Waals surface area contributed by atoms with Gasteiger partial charge < -0.3 is 15.0 Å². The van der Waals surface area contributed by atoms with E-state index in [9.17, 15) is 9.59 Å². The Morgan fingerprint density at radius 1 is 1.00 bits per heavy atom. The van der Waals surface area contributed by atoms with Gasteiger partial charge in [0.2, 0.25) is 5.91 Å². The molecule has 2 amide bonds. The lowest BCUT2D eigenvalue weighted by Gasteiger charge is -2.18. The number of anilines is 1. The van der Waals surface area contributed by atoms with Gasteiger partial charge in [0.15, 0.2) is 5.11 Å². The summed E-state index contributed by atoms with van der Waals surface area (Å²) in [7, 11) is 1.76. The van der Waals surface area contributed by atoms with Gasteiger partial charge in [0, 0.05) is 30.9 Å². The van der Waals surface area contributed by atoms with Gasteiger partial charge in [-0.25, -0.2) is 0 Å². The summed E-state index contributed by atoms with van der Waals surface area (Å²) < 4.78 is 5.41. The van der Waals surface area contributed by atoms with Crippen LogP contribution in [0.2, 0.25) is 0 Å². The highest BCUT2D eigenvalue weighted by atomic mass is 32.1. The van der Waals surface area contributed by atoms with Gasteiger partial charge in [-0.05, 0) is 66.7 Å². The molecule has 0 fully saturated rings. The van der Waals surface area contributed by atoms with E-state index in [4.69, 9.17) is 17.0 Å². The Kier molecular flexibility index (Phi) is 8.94. The van der Waals surface area contributed by atoms with Gasteiger partial charge in [0.1, 0.15) is 5.75 Å². The molecule has 0 heterocycles. The van der Waals surface area contributed by atoms with E-state index in [0.717, 1.165) is 16.9 Å². The fourth-order valence-electron chi connectivity index (χ4n) is 3.21. The van der Waals surface area contributed by atoms with Crippen molar-refractivity contribution in [1.29, 1.82) is 0 Å². The number of carbonyl (C=O) groups excluding carboxylic acids is 2. The lowest BCUT2D eigenvalue weighted by Crippen LogP contribution is -2.33. The Hall–Kier alpha value is -3.97. The van der Waals surface area contributed by atoms with E-state index in [2.05, 4.69) is 10.6 Å². The van der Waals surface area contributed by atoms with Gasteiger partial charge in [-0.15, -0.1) is 0 Å². The van der Waals surface area contributed by atoms with E-state index in [1.807, 2.05) is 61.5 Å². The highest BCUT2D eigenvalue weighted by molar-refractivity contribution is 7.80. The fourth-order valence-corrected chi connectivity index (χ4v) is 3.43. The van der Waals surface area contributed by atoms with Crippen molar-refractivity contribution in [3.63, 3.8) is 0 Å². The molecule has 0 atom stereocenters. The van der Waals surface area contributed by atoms with Crippen molar-refractivity contribution in [3.05, 3.63) is 102 Å². The van der Waals surface area contributed by atoms with Crippen LogP contribution in [0.25, 0.3) is 6.08 Å². The summed E-state index contributed by atoms with van der Waals surface area (Å²) in [6.45, 7) is 3.03. The van der Waals surface area contributed by atoms with Crippen LogP contribution in [0.1, 0.15) is 28.4 Å². The minimum atomic E-state index is -0.360. The summed E-state index contributed by atoms with van der Waals surface area (Å²) in [6, 6.07) is 24.2. The molecule has 0 spiro atoms. The van der Waals surface area contributed by atoms with Crippen LogP contribution in [0.3, 0.4) is 0 Å². The van der Waals surface area contributed by atoms with Gasteiger partial charge in [0.05, 0.1) is 6.61 Å². The highest BCUT2D eigenvalue weighted by Gasteiger charge is 2.13. The first-order chi connectivity index (χ1) is 16.4. The molecule has 174 valence electrons. The molecule has 3 aromatic carbocycles. The Labute approximate surface area is 205 Å². The molecule has 0 unspecified atom stereocenters. The number of nitrogens with zero attached hydrogens (tertiary/aromatic N) is 1. The zero-order valence-electron chi connectivity index (χ0n) is 19.2. The number of nitrogens with one attached hydrogen (secondary N) is 2. The van der Waals surface area contributed by atoms with Crippen LogP contribution in [-0.2, 0) is 11.3 Å². The zero-order chi connectivity index (χ0) is 24.3. The predicted octanol–water partition coefficient (Wildman–Crippen LogP) is 4.88. The molecule has 0 aliphatic heterocycles. The summed E-state index contributed by atoms with van der Waals surface area (Å²) in [5.41, 5.74) is 3.05. The van der Waals surface area contributed by atoms with Crippen LogP contribution in [0.4, 0.5) is 5.69 Å². The lowest BCUT2D eigenvalue weighted by atomic mass is 10.1. The highest BCUT2D eigenvalue weighted by Crippen LogP contribution is 2.15. The molecular weight excluding hydrogens is 446 g/mol. The third-order valence-electron chi connectivity index (χ3n) is 4.83. The Bertz CT molecular complexity index is 1160. The first-order valence-electron chi connectivity index (χ1n) is 10.9. The molecule has 7 heteroatoms. The second-order valence-electron chi connectivity index (χ2n) is 7.51. The second kappa shape index (κ2) is 12.3. The van der Waals surface area contributed by atoms with Crippen LogP contribution >= 0.6 is 12.2 Å². The molecule has 3 aromatic rings. The number of thiocarbonyl (C=S) groups is 1. The number of hydrogen-bond donors (Lipinski definition) is 2. The second-order valence-corrected chi connectivity index (χ2v) is 7.91. The van der Waals surface area contributed by atoms with Crippen LogP contribution in [0, 0.1) is 0 Å². The third-order valence-corrected chi connectivity index (χ3v) is 5.04. The molecule has 2 N–H and O–H groups in total. The normalized spacial score (nSPS) is 10.5. The molecule has 34 heavy (non-hydrogen) atoms. The molecule has 0 aliphatic carbocycles. The quantitative estimate of drug-likeness (QED) is 0.360. The minimum absolute atomic E-state index is 0.110. The van der Waals surface area contributed by atoms with E-state index < -0.39 is 0 Å². The van der Waals surface area contributed by atoms with Crippen LogP contribution in [0.5, 0.6) is 5.75 Å². The number of rotatable bonds is 8. The monoisotopic (exact) mass is 473 g/mol. The third kappa shape index (κ3) is 7.56. The molecule has 0 aliphatic rings. The van der Waals surface area contributed by atoms with E-state index in [0.29, 0.717) is 24.4 Å². The number of hydrogen-bond acceptors (Lipinski definition) is 4. The van der Waals surface area contributed by atoms with Crippen molar-refractivity contribution in [2.75, 3.05) is 19.0 Å². The number of carbonyl (C=O) groups is 2. The van der Waals surface area contributed by atoms with Gasteiger partial charge >= 0.3 is 0 Å². The maximum atomic E-state index is 12.8. The number of benzene rings is 3. The summed E-state index contributed by atoms with van der Waals surface area (Å²) in [4.78, 5) is 26.7. The Balaban J connectivity index is 1.54. The maximum Gasteiger partial charge on any atom is 0.253 e. The van der Waals surface area contributed by atoms with Crippen LogP contribution < -0.4 is 15.4 Å². The minimum Gasteiger partial charge on any atom is -0.494 e. The van der Waals surface area contributed by atoms with Crippen molar-refractivity contribution in [3.8, 4) is 5.75 Å². The molecule has 6 nitrogen and oxygen atoms in total. The fraction of sp³-hybridized carbons (Fsp3) is 0.148. The van der Waals surface area contributed by atoms with Crippen LogP contribution in [0.15, 0.2) is 84.9 Å². The Morgan fingerprint density at radius 2 is 1.74 bits per heavy atom. The van der Waals surface area contributed by atoms with Crippen molar-refractivity contribution in [1.82, 2.24) is 10.2 Å². The summed E-state index contributed by atoms with van der Waals surface area (Å²) >= 11 is 5.25. The van der Waals surface area contributed by atoms with Crippen molar-refractivity contribution in [2.24, 2.45) is 0 Å². The number of ether oxygens (including phenoxy) is 1. The molecule has 0 radical (unpaired) electrons. The van der Waals surface area contributed by atoms with E-state index in [1.165, 1.54) is 6.08 Å². The van der Waals surface area contributed by atoms with Crippen LogP contribution in [-0.4, -0.2) is 35.5 Å². The van der Waals surface area contributed by atoms with E-state index in [-0.39, 0.29) is 16.9 Å². The standard InChI is InChI=1S/C27H27N3O3S/c1-3-33-24-15-12-20(13-16-24)14-17-25(31)29-27(34)28-23-11-7-10-22(18-23)26(32)30(2)19-21-8-5-4-6-9-21/h4-18H,3,19H2,1-2H3,(H2,28,29,31,34)/b17-14+. The first kappa shape index (κ1) is 24.7. The van der Waals surface area contributed by atoms with Gasteiger partial charge in [0.25, 0.3) is 5.91 Å². The number of amides is 2. The van der Waals surface area contributed by atoms with Gasteiger partial charge in [-0.2, -0.15) is 0 Å². The predicted molar refractivity (Wildman–Crippen MR) is 140 cm³/mol. The SMILES string of the molecule is CCOc1ccc(/C=C/C(=O)NC(=S)Nc2cccc(C(=O)N(C)Cc3ccccc3)c2)cc1. The molecular formula is C27H27N3O3S. The largest absolute Gasteiger partial charge is 0.494 e. The lowest BCUT2D eigenvalue weighted by molar-refractivity contribution is -0.115. The zero-order valence-corrected chi connectivity index (χ0v) is 20.0. The Morgan fingerprint density at radius 3 is 2.44 bits per heavy atom. The van der Waals surface area contributed by atoms with Crippen molar-refractivity contribution < 1.29 is 14.3 Å². The van der Waals surface area contributed by atoms with E-state index >= 15 is 0 Å². The molecule has 0 saturated heterocycles. The van der Waals surface area contributed by atoms with Gasteiger partial charge in [-0.3, -0.25) is 14.9 Å². The molecule has 0 aromatic heterocycles. The maximum absolute atomic E-state index is 12.8. The van der Waals surface area contributed by atoms with E-state index in [1.54, 1.807) is 42.3 Å². The molecule has 3 rings (SSSR count). The summed E-state index contributed by atoms with van der Waals surface area (Å²) in [5.74, 6) is 0.309. The average Bonchev–Trinajstić information content (AvgIpc) is 2.84. The summed E-state index contributed by atoms with van der Waals surface area (Å²) in [6.07, 6.45) is 3.09. The van der Waals surface area contributed by atoms with Crippen molar-refractivity contribution >= 4 is 40.9 Å². The first-order valence-corrected chi connectivity index (χ1v) is 11.3. The molecule has 0 saturated carbocycles. The smallest absolute Gasteiger partial charge is 0.253 e. The molecule has 0 bridgehead atoms. The van der Waals surface area contributed by atoms with Crippen molar-refractivity contribution in [2.45, 2.75) is 13.5 Å². The van der Waals surface area contributed by atoms with Gasteiger partial charge in [-0.1, -0.05) is 48.5 Å². The topological polar surface area (TPSA) is 70.7 Å².